The van der Waals surface area contributed by atoms with E-state index in [2.05, 4.69) is 42.4 Å². The number of hydrogen-bond donors (Lipinski definition) is 1. The molecule has 0 amide bonds. The van der Waals surface area contributed by atoms with E-state index in [1.807, 2.05) is 11.3 Å². The summed E-state index contributed by atoms with van der Waals surface area (Å²) in [5.74, 6) is 0. The van der Waals surface area contributed by atoms with Crippen LogP contribution in [0.3, 0.4) is 0 Å². The van der Waals surface area contributed by atoms with Gasteiger partial charge in [0, 0.05) is 23.5 Å². The first-order valence-electron chi connectivity index (χ1n) is 6.24. The molecule has 1 saturated heterocycles. The molecule has 0 spiro atoms. The second-order valence-corrected chi connectivity index (χ2v) is 5.57. The first-order valence-corrected chi connectivity index (χ1v) is 7.12. The highest BCUT2D eigenvalue weighted by Crippen LogP contribution is 2.30. The topological polar surface area (TPSA) is 15.3 Å². The molecule has 0 aliphatic carbocycles. The van der Waals surface area contributed by atoms with Crippen LogP contribution in [0.4, 0.5) is 0 Å². The van der Waals surface area contributed by atoms with E-state index >= 15 is 0 Å². The molecule has 2 atom stereocenters. The van der Waals surface area contributed by atoms with Crippen molar-refractivity contribution in [3.63, 3.8) is 0 Å². The average Bonchev–Trinajstić information content (AvgIpc) is 2.90. The van der Waals surface area contributed by atoms with Gasteiger partial charge in [-0.05, 0) is 50.4 Å². The van der Waals surface area contributed by atoms with Crippen molar-refractivity contribution in [2.45, 2.75) is 39.3 Å². The van der Waals surface area contributed by atoms with Crippen molar-refractivity contribution in [2.24, 2.45) is 0 Å². The van der Waals surface area contributed by atoms with E-state index in [1.165, 1.54) is 23.4 Å². The fourth-order valence-electron chi connectivity index (χ4n) is 2.73. The van der Waals surface area contributed by atoms with E-state index < -0.39 is 0 Å². The lowest BCUT2D eigenvalue weighted by Crippen LogP contribution is -2.38. The van der Waals surface area contributed by atoms with Gasteiger partial charge in [0.05, 0.1) is 0 Å². The monoisotopic (exact) mass is 238 g/mol. The third-order valence-corrected chi connectivity index (χ3v) is 4.84. The SMILES string of the molecule is CCN(C1CCNC1)C(C)c1sccc1C. The number of aryl methyl sites for hydroxylation is 1. The summed E-state index contributed by atoms with van der Waals surface area (Å²) in [6.07, 6.45) is 1.29. The molecule has 0 saturated carbocycles. The van der Waals surface area contributed by atoms with Crippen molar-refractivity contribution in [1.82, 2.24) is 10.2 Å². The van der Waals surface area contributed by atoms with Gasteiger partial charge in [-0.2, -0.15) is 0 Å². The number of thiophene rings is 1. The standard InChI is InChI=1S/C13H22N2S/c1-4-15(12-5-7-14-9-12)11(3)13-10(2)6-8-16-13/h6,8,11-12,14H,4-5,7,9H2,1-3H3. The van der Waals surface area contributed by atoms with Gasteiger partial charge in [0.1, 0.15) is 0 Å². The van der Waals surface area contributed by atoms with Gasteiger partial charge in [-0.15, -0.1) is 11.3 Å². The van der Waals surface area contributed by atoms with Gasteiger partial charge in [-0.3, -0.25) is 4.90 Å². The van der Waals surface area contributed by atoms with Crippen LogP contribution < -0.4 is 5.32 Å². The molecule has 0 radical (unpaired) electrons. The normalized spacial score (nSPS) is 22.9. The van der Waals surface area contributed by atoms with Crippen LogP contribution in [0.25, 0.3) is 0 Å². The Balaban J connectivity index is 2.11. The van der Waals surface area contributed by atoms with Gasteiger partial charge < -0.3 is 5.32 Å². The summed E-state index contributed by atoms with van der Waals surface area (Å²) in [4.78, 5) is 4.17. The van der Waals surface area contributed by atoms with E-state index in [4.69, 9.17) is 0 Å². The Kier molecular flexibility index (Phi) is 4.00. The van der Waals surface area contributed by atoms with Gasteiger partial charge >= 0.3 is 0 Å². The van der Waals surface area contributed by atoms with Crippen LogP contribution in [0.5, 0.6) is 0 Å². The molecular weight excluding hydrogens is 216 g/mol. The van der Waals surface area contributed by atoms with Crippen LogP contribution in [0.2, 0.25) is 0 Å². The number of nitrogens with zero attached hydrogens (tertiary/aromatic N) is 1. The summed E-state index contributed by atoms with van der Waals surface area (Å²) in [5.41, 5.74) is 1.45. The lowest BCUT2D eigenvalue weighted by atomic mass is 10.1. The van der Waals surface area contributed by atoms with Crippen molar-refractivity contribution in [3.05, 3.63) is 21.9 Å². The van der Waals surface area contributed by atoms with Crippen molar-refractivity contribution in [3.8, 4) is 0 Å². The molecule has 2 heterocycles. The molecule has 1 N–H and O–H groups in total. The summed E-state index contributed by atoms with van der Waals surface area (Å²) in [6.45, 7) is 10.3. The van der Waals surface area contributed by atoms with Crippen molar-refractivity contribution in [2.75, 3.05) is 19.6 Å². The highest BCUT2D eigenvalue weighted by molar-refractivity contribution is 7.10. The Hall–Kier alpha value is -0.380. The summed E-state index contributed by atoms with van der Waals surface area (Å²) in [5, 5.41) is 5.67. The zero-order valence-corrected chi connectivity index (χ0v) is 11.3. The zero-order chi connectivity index (χ0) is 11.5. The molecule has 1 aliphatic rings. The zero-order valence-electron chi connectivity index (χ0n) is 10.5. The molecule has 1 aliphatic heterocycles. The lowest BCUT2D eigenvalue weighted by molar-refractivity contribution is 0.164. The smallest absolute Gasteiger partial charge is 0.0419 e. The minimum absolute atomic E-state index is 0.565. The second-order valence-electron chi connectivity index (χ2n) is 4.62. The molecule has 3 heteroatoms. The van der Waals surface area contributed by atoms with Gasteiger partial charge in [-0.25, -0.2) is 0 Å². The molecule has 0 bridgehead atoms. The molecule has 1 fully saturated rings. The van der Waals surface area contributed by atoms with Gasteiger partial charge in [0.15, 0.2) is 0 Å². The third-order valence-electron chi connectivity index (χ3n) is 3.65. The molecule has 90 valence electrons. The molecule has 1 aromatic rings. The molecule has 0 aromatic carbocycles. The van der Waals surface area contributed by atoms with E-state index in [0.29, 0.717) is 6.04 Å². The molecular formula is C13H22N2S. The van der Waals surface area contributed by atoms with E-state index in [9.17, 15) is 0 Å². The summed E-state index contributed by atoms with van der Waals surface area (Å²) in [7, 11) is 0. The van der Waals surface area contributed by atoms with Crippen LogP contribution in [-0.2, 0) is 0 Å². The maximum atomic E-state index is 3.46. The predicted octanol–water partition coefficient (Wildman–Crippen LogP) is 2.80. The maximum absolute atomic E-state index is 3.46. The minimum Gasteiger partial charge on any atom is -0.315 e. The molecule has 16 heavy (non-hydrogen) atoms. The van der Waals surface area contributed by atoms with E-state index in [0.717, 1.165) is 19.1 Å². The second kappa shape index (κ2) is 5.30. The highest BCUT2D eigenvalue weighted by atomic mass is 32.1. The maximum Gasteiger partial charge on any atom is 0.0419 e. The first-order chi connectivity index (χ1) is 7.74. The Bertz CT molecular complexity index is 328. The van der Waals surface area contributed by atoms with Crippen LogP contribution in [0.1, 0.15) is 36.8 Å². The predicted molar refractivity (Wildman–Crippen MR) is 71.1 cm³/mol. The van der Waals surface area contributed by atoms with E-state index in [1.54, 1.807) is 0 Å². The van der Waals surface area contributed by atoms with Crippen LogP contribution in [0.15, 0.2) is 11.4 Å². The number of hydrogen-bond acceptors (Lipinski definition) is 3. The molecule has 1 aromatic heterocycles. The van der Waals surface area contributed by atoms with Crippen LogP contribution in [-0.4, -0.2) is 30.6 Å². The van der Waals surface area contributed by atoms with Gasteiger partial charge in [-0.1, -0.05) is 6.92 Å². The average molecular weight is 238 g/mol. The summed E-state index contributed by atoms with van der Waals surface area (Å²) in [6, 6.07) is 3.52. The largest absolute Gasteiger partial charge is 0.315 e. The van der Waals surface area contributed by atoms with Crippen LogP contribution >= 0.6 is 11.3 Å². The third kappa shape index (κ3) is 2.31. The first kappa shape index (κ1) is 12.1. The van der Waals surface area contributed by atoms with Crippen molar-refractivity contribution >= 4 is 11.3 Å². The fourth-order valence-corrected chi connectivity index (χ4v) is 3.74. The quantitative estimate of drug-likeness (QED) is 0.868. The van der Waals surface area contributed by atoms with Crippen LogP contribution in [0, 0.1) is 6.92 Å². The fraction of sp³-hybridized carbons (Fsp3) is 0.692. The molecule has 2 unspecified atom stereocenters. The lowest BCUT2D eigenvalue weighted by Gasteiger charge is -2.33. The Labute approximate surface area is 103 Å². The Morgan fingerprint density at radius 3 is 2.94 bits per heavy atom. The van der Waals surface area contributed by atoms with Gasteiger partial charge in [0.2, 0.25) is 0 Å². The number of rotatable bonds is 4. The molecule has 2 rings (SSSR count). The van der Waals surface area contributed by atoms with Gasteiger partial charge in [0.25, 0.3) is 0 Å². The molecule has 2 nitrogen and oxygen atoms in total. The number of likely N-dealkylation sites (N-methyl/N-ethyl adjacent to an activating group) is 1. The van der Waals surface area contributed by atoms with Crippen molar-refractivity contribution < 1.29 is 0 Å². The van der Waals surface area contributed by atoms with Crippen molar-refractivity contribution in [1.29, 1.82) is 0 Å². The number of nitrogens with one attached hydrogen (secondary N) is 1. The Morgan fingerprint density at radius 2 is 2.44 bits per heavy atom. The highest BCUT2D eigenvalue weighted by Gasteiger charge is 2.26. The Morgan fingerprint density at radius 1 is 1.62 bits per heavy atom. The summed E-state index contributed by atoms with van der Waals surface area (Å²) >= 11 is 1.90. The minimum atomic E-state index is 0.565. The summed E-state index contributed by atoms with van der Waals surface area (Å²) < 4.78 is 0. The van der Waals surface area contributed by atoms with E-state index in [-0.39, 0.29) is 0 Å².